The second kappa shape index (κ2) is 5.96. The SMILES string of the molecule is C/C(=C(/C#N)C(=O)Nc1ccc(F)cc1F)N(C)C. The molecule has 19 heavy (non-hydrogen) atoms. The summed E-state index contributed by atoms with van der Waals surface area (Å²) in [5.74, 6) is -2.37. The van der Waals surface area contributed by atoms with Crippen molar-refractivity contribution in [2.45, 2.75) is 6.92 Å². The molecule has 1 aromatic carbocycles. The summed E-state index contributed by atoms with van der Waals surface area (Å²) in [6.45, 7) is 1.60. The monoisotopic (exact) mass is 265 g/mol. The molecule has 0 saturated carbocycles. The highest BCUT2D eigenvalue weighted by atomic mass is 19.1. The quantitative estimate of drug-likeness (QED) is 0.673. The maximum Gasteiger partial charge on any atom is 0.268 e. The van der Waals surface area contributed by atoms with Crippen LogP contribution in [-0.4, -0.2) is 24.9 Å². The van der Waals surface area contributed by atoms with E-state index in [1.165, 1.54) is 0 Å². The molecule has 0 heterocycles. The van der Waals surface area contributed by atoms with E-state index in [4.69, 9.17) is 5.26 Å². The van der Waals surface area contributed by atoms with Crippen molar-refractivity contribution in [1.29, 1.82) is 5.26 Å². The molecule has 1 amide bonds. The molecule has 1 aromatic rings. The predicted octanol–water partition coefficient (Wildman–Crippen LogP) is 2.26. The number of anilines is 1. The Morgan fingerprint density at radius 1 is 1.37 bits per heavy atom. The van der Waals surface area contributed by atoms with Gasteiger partial charge in [0.1, 0.15) is 23.3 Å². The molecule has 1 rings (SSSR count). The summed E-state index contributed by atoms with van der Waals surface area (Å²) >= 11 is 0. The molecule has 0 bridgehead atoms. The number of carbonyl (C=O) groups excluding carboxylic acids is 1. The first-order valence-electron chi connectivity index (χ1n) is 5.41. The van der Waals surface area contributed by atoms with Crippen LogP contribution in [0.25, 0.3) is 0 Å². The van der Waals surface area contributed by atoms with Crippen LogP contribution in [0.5, 0.6) is 0 Å². The summed E-state index contributed by atoms with van der Waals surface area (Å²) in [6, 6.07) is 4.54. The molecule has 1 N–H and O–H groups in total. The van der Waals surface area contributed by atoms with Gasteiger partial charge in [0.05, 0.1) is 5.69 Å². The number of hydrogen-bond acceptors (Lipinski definition) is 3. The Hall–Kier alpha value is -2.42. The molecule has 0 aliphatic carbocycles. The number of hydrogen-bond donors (Lipinski definition) is 1. The number of rotatable bonds is 3. The van der Waals surface area contributed by atoms with E-state index in [1.807, 2.05) is 0 Å². The molecule has 0 saturated heterocycles. The summed E-state index contributed by atoms with van der Waals surface area (Å²) in [4.78, 5) is 13.4. The van der Waals surface area contributed by atoms with Crippen LogP contribution in [0.1, 0.15) is 6.92 Å². The third-order valence-corrected chi connectivity index (χ3v) is 2.55. The summed E-state index contributed by atoms with van der Waals surface area (Å²) in [5, 5.41) is 11.2. The number of halogens is 2. The zero-order valence-electron chi connectivity index (χ0n) is 10.8. The highest BCUT2D eigenvalue weighted by Gasteiger charge is 2.16. The zero-order valence-corrected chi connectivity index (χ0v) is 10.8. The summed E-state index contributed by atoms with van der Waals surface area (Å²) < 4.78 is 26.1. The minimum absolute atomic E-state index is 0.131. The number of benzene rings is 1. The number of nitriles is 1. The molecule has 0 aliphatic rings. The molecule has 4 nitrogen and oxygen atoms in total. The first-order valence-corrected chi connectivity index (χ1v) is 5.41. The van der Waals surface area contributed by atoms with Crippen molar-refractivity contribution >= 4 is 11.6 Å². The Morgan fingerprint density at radius 2 is 2.00 bits per heavy atom. The smallest absolute Gasteiger partial charge is 0.268 e. The summed E-state index contributed by atoms with van der Waals surface area (Å²) in [7, 11) is 3.36. The van der Waals surface area contributed by atoms with Gasteiger partial charge in [-0.1, -0.05) is 0 Å². The van der Waals surface area contributed by atoms with Gasteiger partial charge in [0, 0.05) is 25.9 Å². The van der Waals surface area contributed by atoms with Gasteiger partial charge in [0.2, 0.25) is 0 Å². The number of nitrogens with one attached hydrogen (secondary N) is 1. The fourth-order valence-corrected chi connectivity index (χ4v) is 1.30. The van der Waals surface area contributed by atoms with Crippen LogP contribution < -0.4 is 5.32 Å². The first kappa shape index (κ1) is 14.6. The lowest BCUT2D eigenvalue weighted by atomic mass is 10.2. The Kier molecular flexibility index (Phi) is 4.59. The first-order chi connectivity index (χ1) is 8.86. The van der Waals surface area contributed by atoms with Crippen molar-refractivity contribution in [3.8, 4) is 6.07 Å². The molecule has 6 heteroatoms. The molecule has 100 valence electrons. The third kappa shape index (κ3) is 3.52. The van der Waals surface area contributed by atoms with Crippen molar-refractivity contribution in [1.82, 2.24) is 4.90 Å². The standard InChI is InChI=1S/C13H13F2N3O/c1-8(18(2)3)10(7-16)13(19)17-12-5-4-9(14)6-11(12)15/h4-6H,1-3H3,(H,17,19)/b10-8+. The van der Waals surface area contributed by atoms with E-state index >= 15 is 0 Å². The molecule has 0 atom stereocenters. The molecule has 0 aliphatic heterocycles. The van der Waals surface area contributed by atoms with Crippen LogP contribution in [0.3, 0.4) is 0 Å². The van der Waals surface area contributed by atoms with Crippen LogP contribution >= 0.6 is 0 Å². The number of carbonyl (C=O) groups is 1. The van der Waals surface area contributed by atoms with Gasteiger partial charge >= 0.3 is 0 Å². The van der Waals surface area contributed by atoms with Gasteiger partial charge in [-0.2, -0.15) is 5.26 Å². The molecule has 0 spiro atoms. The second-order valence-electron chi connectivity index (χ2n) is 4.04. The average molecular weight is 265 g/mol. The van der Waals surface area contributed by atoms with Crippen molar-refractivity contribution in [2.24, 2.45) is 0 Å². The van der Waals surface area contributed by atoms with Gasteiger partial charge in [-0.3, -0.25) is 4.79 Å². The van der Waals surface area contributed by atoms with E-state index in [0.29, 0.717) is 11.8 Å². The van der Waals surface area contributed by atoms with E-state index < -0.39 is 17.5 Å². The maximum atomic E-state index is 13.4. The molecular weight excluding hydrogens is 252 g/mol. The molecule has 0 unspecified atom stereocenters. The normalized spacial score (nSPS) is 11.4. The minimum atomic E-state index is -0.895. The largest absolute Gasteiger partial charge is 0.380 e. The van der Waals surface area contributed by atoms with Crippen molar-refractivity contribution in [3.05, 3.63) is 41.1 Å². The van der Waals surface area contributed by atoms with E-state index in [2.05, 4.69) is 5.32 Å². The molecular formula is C13H13F2N3O. The summed E-state index contributed by atoms with van der Waals surface area (Å²) in [5.41, 5.74) is 0.141. The highest BCUT2D eigenvalue weighted by Crippen LogP contribution is 2.16. The Balaban J connectivity index is 3.03. The van der Waals surface area contributed by atoms with E-state index in [1.54, 1.807) is 32.0 Å². The van der Waals surface area contributed by atoms with E-state index in [0.717, 1.165) is 12.1 Å². The number of allylic oxidation sites excluding steroid dienone is 1. The van der Waals surface area contributed by atoms with Gasteiger partial charge in [0.15, 0.2) is 0 Å². The van der Waals surface area contributed by atoms with Crippen LogP contribution in [0.2, 0.25) is 0 Å². The lowest BCUT2D eigenvalue weighted by Crippen LogP contribution is -2.20. The van der Waals surface area contributed by atoms with Gasteiger partial charge < -0.3 is 10.2 Å². The Bertz CT molecular complexity index is 574. The Morgan fingerprint density at radius 3 is 2.47 bits per heavy atom. The minimum Gasteiger partial charge on any atom is -0.380 e. The van der Waals surface area contributed by atoms with Crippen molar-refractivity contribution < 1.29 is 13.6 Å². The predicted molar refractivity (Wildman–Crippen MR) is 67.0 cm³/mol. The average Bonchev–Trinajstić information content (AvgIpc) is 2.33. The lowest BCUT2D eigenvalue weighted by Gasteiger charge is -2.15. The van der Waals surface area contributed by atoms with Gasteiger partial charge in [-0.25, -0.2) is 8.78 Å². The molecule has 0 aromatic heterocycles. The fraction of sp³-hybridized carbons (Fsp3) is 0.231. The topological polar surface area (TPSA) is 56.1 Å². The van der Waals surface area contributed by atoms with Gasteiger partial charge in [-0.15, -0.1) is 0 Å². The molecule has 0 radical (unpaired) electrons. The summed E-state index contributed by atoms with van der Waals surface area (Å²) in [6.07, 6.45) is 0. The van der Waals surface area contributed by atoms with Gasteiger partial charge in [-0.05, 0) is 19.1 Å². The second-order valence-corrected chi connectivity index (χ2v) is 4.04. The van der Waals surface area contributed by atoms with Crippen LogP contribution in [0.4, 0.5) is 14.5 Å². The van der Waals surface area contributed by atoms with Crippen molar-refractivity contribution in [2.75, 3.05) is 19.4 Å². The van der Waals surface area contributed by atoms with E-state index in [9.17, 15) is 13.6 Å². The molecule has 0 fully saturated rings. The van der Waals surface area contributed by atoms with Crippen LogP contribution in [0, 0.1) is 23.0 Å². The van der Waals surface area contributed by atoms with Crippen LogP contribution in [-0.2, 0) is 4.79 Å². The Labute approximate surface area is 109 Å². The van der Waals surface area contributed by atoms with Crippen molar-refractivity contribution in [3.63, 3.8) is 0 Å². The van der Waals surface area contributed by atoms with E-state index in [-0.39, 0.29) is 11.3 Å². The third-order valence-electron chi connectivity index (χ3n) is 2.55. The number of nitrogens with zero attached hydrogens (tertiary/aromatic N) is 2. The lowest BCUT2D eigenvalue weighted by molar-refractivity contribution is -0.112. The number of amides is 1. The fourth-order valence-electron chi connectivity index (χ4n) is 1.30. The van der Waals surface area contributed by atoms with Gasteiger partial charge in [0.25, 0.3) is 5.91 Å². The van der Waals surface area contributed by atoms with Crippen LogP contribution in [0.15, 0.2) is 29.5 Å². The zero-order chi connectivity index (χ0) is 14.6. The highest BCUT2D eigenvalue weighted by molar-refractivity contribution is 6.07. The maximum absolute atomic E-state index is 13.4.